The highest BCUT2D eigenvalue weighted by atomic mass is 79.9. The first-order valence-electron chi connectivity index (χ1n) is 7.25. The Hall–Kier alpha value is -0.130. The number of nitrogens with zero attached hydrogens (tertiary/aromatic N) is 2. The summed E-state index contributed by atoms with van der Waals surface area (Å²) in [5, 5.41) is 0. The van der Waals surface area contributed by atoms with Crippen LogP contribution in [0.15, 0.2) is 0 Å². The molecular formula is C14H25BrN2O2. The van der Waals surface area contributed by atoms with Crippen LogP contribution in [0, 0.1) is 5.92 Å². The van der Waals surface area contributed by atoms with Gasteiger partial charge in [0.25, 0.3) is 0 Å². The summed E-state index contributed by atoms with van der Waals surface area (Å²) >= 11 is 3.46. The molecule has 0 radical (unpaired) electrons. The van der Waals surface area contributed by atoms with Crippen molar-refractivity contribution >= 4 is 21.8 Å². The molecule has 5 heteroatoms. The molecule has 110 valence electrons. The van der Waals surface area contributed by atoms with Crippen molar-refractivity contribution in [2.24, 2.45) is 5.92 Å². The number of amides is 1. The standard InChI is InChI=1S/C14H25BrN2O2/c1-14(2,15)13(18)17-5-3-12(4-6-17)11-16-7-9-19-10-8-16/h12H,3-11H2,1-2H3. The van der Waals surface area contributed by atoms with Gasteiger partial charge in [0.05, 0.1) is 17.5 Å². The van der Waals surface area contributed by atoms with Gasteiger partial charge in [0, 0.05) is 32.7 Å². The van der Waals surface area contributed by atoms with Crippen molar-refractivity contribution in [1.29, 1.82) is 0 Å². The number of ether oxygens (including phenoxy) is 1. The van der Waals surface area contributed by atoms with Gasteiger partial charge in [-0.15, -0.1) is 0 Å². The Bertz CT molecular complexity index is 303. The van der Waals surface area contributed by atoms with Gasteiger partial charge in [-0.25, -0.2) is 0 Å². The van der Waals surface area contributed by atoms with E-state index in [-0.39, 0.29) is 5.91 Å². The van der Waals surface area contributed by atoms with Crippen molar-refractivity contribution < 1.29 is 9.53 Å². The molecule has 19 heavy (non-hydrogen) atoms. The van der Waals surface area contributed by atoms with Crippen LogP contribution in [0.5, 0.6) is 0 Å². The van der Waals surface area contributed by atoms with Gasteiger partial charge in [-0.3, -0.25) is 9.69 Å². The van der Waals surface area contributed by atoms with E-state index in [9.17, 15) is 4.79 Å². The quantitative estimate of drug-likeness (QED) is 0.738. The van der Waals surface area contributed by atoms with Gasteiger partial charge in [0.15, 0.2) is 0 Å². The number of hydrogen-bond donors (Lipinski definition) is 0. The van der Waals surface area contributed by atoms with Gasteiger partial charge in [0.1, 0.15) is 0 Å². The summed E-state index contributed by atoms with van der Waals surface area (Å²) in [5.41, 5.74) is 0. The third-order valence-corrected chi connectivity index (χ3v) is 4.37. The topological polar surface area (TPSA) is 32.8 Å². The summed E-state index contributed by atoms with van der Waals surface area (Å²) in [6.45, 7) is 10.7. The molecule has 1 amide bonds. The van der Waals surface area contributed by atoms with Gasteiger partial charge in [0.2, 0.25) is 5.91 Å². The maximum atomic E-state index is 12.2. The van der Waals surface area contributed by atoms with Gasteiger partial charge < -0.3 is 9.64 Å². The summed E-state index contributed by atoms with van der Waals surface area (Å²) in [7, 11) is 0. The molecule has 2 rings (SSSR count). The molecule has 4 nitrogen and oxygen atoms in total. The molecule has 0 aromatic heterocycles. The number of hydrogen-bond acceptors (Lipinski definition) is 3. The molecule has 2 fully saturated rings. The summed E-state index contributed by atoms with van der Waals surface area (Å²) in [5.74, 6) is 0.956. The fourth-order valence-corrected chi connectivity index (χ4v) is 3.09. The molecule has 0 spiro atoms. The second-order valence-electron chi connectivity index (χ2n) is 6.12. The summed E-state index contributed by atoms with van der Waals surface area (Å²) in [6, 6.07) is 0. The van der Waals surface area contributed by atoms with Gasteiger partial charge >= 0.3 is 0 Å². The Labute approximate surface area is 124 Å². The number of carbonyl (C=O) groups is 1. The molecule has 0 aromatic carbocycles. The Kier molecular flexibility index (Phi) is 5.26. The predicted octanol–water partition coefficient (Wildman–Crippen LogP) is 1.73. The van der Waals surface area contributed by atoms with E-state index < -0.39 is 4.32 Å². The molecular weight excluding hydrogens is 308 g/mol. The largest absolute Gasteiger partial charge is 0.379 e. The minimum absolute atomic E-state index is 0.220. The molecule has 2 aliphatic rings. The fraction of sp³-hybridized carbons (Fsp3) is 0.929. The lowest BCUT2D eigenvalue weighted by atomic mass is 9.95. The maximum Gasteiger partial charge on any atom is 0.238 e. The van der Waals surface area contributed by atoms with Gasteiger partial charge in [-0.1, -0.05) is 15.9 Å². The second-order valence-corrected chi connectivity index (χ2v) is 8.10. The highest BCUT2D eigenvalue weighted by molar-refractivity contribution is 9.10. The van der Waals surface area contributed by atoms with Crippen LogP contribution in [-0.2, 0) is 9.53 Å². The Morgan fingerprint density at radius 1 is 1.21 bits per heavy atom. The monoisotopic (exact) mass is 332 g/mol. The van der Waals surface area contributed by atoms with Crippen LogP contribution < -0.4 is 0 Å². The van der Waals surface area contributed by atoms with Gasteiger partial charge in [-0.2, -0.15) is 0 Å². The van der Waals surface area contributed by atoms with Crippen LogP contribution in [0.25, 0.3) is 0 Å². The van der Waals surface area contributed by atoms with Crippen molar-refractivity contribution in [2.45, 2.75) is 31.0 Å². The van der Waals surface area contributed by atoms with Crippen molar-refractivity contribution in [2.75, 3.05) is 45.9 Å². The number of morpholine rings is 1. The van der Waals surface area contributed by atoms with E-state index in [1.807, 2.05) is 18.7 Å². The molecule has 0 bridgehead atoms. The van der Waals surface area contributed by atoms with Crippen LogP contribution >= 0.6 is 15.9 Å². The zero-order valence-electron chi connectivity index (χ0n) is 12.0. The van der Waals surface area contributed by atoms with E-state index in [4.69, 9.17) is 4.74 Å². The minimum atomic E-state index is -0.427. The lowest BCUT2D eigenvalue weighted by molar-refractivity contribution is -0.134. The number of piperidine rings is 1. The van der Waals surface area contributed by atoms with Crippen LogP contribution in [0.3, 0.4) is 0 Å². The molecule has 0 unspecified atom stereocenters. The average Bonchev–Trinajstić information content (AvgIpc) is 2.39. The molecule has 0 N–H and O–H groups in total. The van der Waals surface area contributed by atoms with E-state index in [1.165, 1.54) is 6.54 Å². The number of likely N-dealkylation sites (tertiary alicyclic amines) is 1. The zero-order valence-corrected chi connectivity index (χ0v) is 13.6. The Morgan fingerprint density at radius 3 is 2.32 bits per heavy atom. The predicted molar refractivity (Wildman–Crippen MR) is 79.6 cm³/mol. The van der Waals surface area contributed by atoms with E-state index in [0.29, 0.717) is 0 Å². The first-order valence-corrected chi connectivity index (χ1v) is 8.04. The molecule has 2 saturated heterocycles. The second kappa shape index (κ2) is 6.55. The average molecular weight is 333 g/mol. The Balaban J connectivity index is 1.74. The number of carbonyl (C=O) groups excluding carboxylic acids is 1. The Morgan fingerprint density at radius 2 is 1.79 bits per heavy atom. The summed E-state index contributed by atoms with van der Waals surface area (Å²) in [4.78, 5) is 16.7. The van der Waals surface area contributed by atoms with E-state index in [1.54, 1.807) is 0 Å². The molecule has 0 saturated carbocycles. The summed E-state index contributed by atoms with van der Waals surface area (Å²) in [6.07, 6.45) is 2.26. The van der Waals surface area contributed by atoms with Crippen LogP contribution in [-0.4, -0.2) is 66.0 Å². The fourth-order valence-electron chi connectivity index (χ4n) is 2.84. The number of halogens is 1. The van der Waals surface area contributed by atoms with Crippen LogP contribution in [0.1, 0.15) is 26.7 Å². The SMILES string of the molecule is CC(C)(Br)C(=O)N1CCC(CN2CCOCC2)CC1. The van der Waals surface area contributed by atoms with Crippen LogP contribution in [0.4, 0.5) is 0 Å². The lowest BCUT2D eigenvalue weighted by Crippen LogP contribution is -2.48. The molecule has 2 aliphatic heterocycles. The molecule has 2 heterocycles. The van der Waals surface area contributed by atoms with Crippen molar-refractivity contribution in [1.82, 2.24) is 9.80 Å². The van der Waals surface area contributed by atoms with Crippen molar-refractivity contribution in [3.05, 3.63) is 0 Å². The van der Waals surface area contributed by atoms with Crippen molar-refractivity contribution in [3.8, 4) is 0 Å². The summed E-state index contributed by atoms with van der Waals surface area (Å²) < 4.78 is 4.95. The maximum absolute atomic E-state index is 12.2. The van der Waals surface area contributed by atoms with E-state index in [2.05, 4.69) is 20.8 Å². The molecule has 0 atom stereocenters. The lowest BCUT2D eigenvalue weighted by Gasteiger charge is -2.37. The minimum Gasteiger partial charge on any atom is -0.379 e. The number of rotatable bonds is 3. The van der Waals surface area contributed by atoms with E-state index >= 15 is 0 Å². The van der Waals surface area contributed by atoms with E-state index in [0.717, 1.165) is 58.2 Å². The first kappa shape index (κ1) is 15.3. The normalized spacial score (nSPS) is 23.6. The zero-order chi connectivity index (χ0) is 13.9. The molecule has 0 aliphatic carbocycles. The smallest absolute Gasteiger partial charge is 0.238 e. The first-order chi connectivity index (χ1) is 8.97. The van der Waals surface area contributed by atoms with Gasteiger partial charge in [-0.05, 0) is 32.6 Å². The highest BCUT2D eigenvalue weighted by Crippen LogP contribution is 2.24. The third kappa shape index (κ3) is 4.43. The molecule has 0 aromatic rings. The number of alkyl halides is 1. The van der Waals surface area contributed by atoms with Crippen LogP contribution in [0.2, 0.25) is 0 Å². The highest BCUT2D eigenvalue weighted by Gasteiger charge is 2.32. The third-order valence-electron chi connectivity index (χ3n) is 4.03. The van der Waals surface area contributed by atoms with Crippen molar-refractivity contribution in [3.63, 3.8) is 0 Å².